The molecule has 1 amide bonds. The van der Waals surface area contributed by atoms with Crippen LogP contribution in [0.25, 0.3) is 16.6 Å². The van der Waals surface area contributed by atoms with Crippen LogP contribution in [0.15, 0.2) is 54.6 Å². The van der Waals surface area contributed by atoms with Crippen LogP contribution in [0.4, 0.5) is 0 Å². The highest BCUT2D eigenvalue weighted by atomic mass is 16.2. The summed E-state index contributed by atoms with van der Waals surface area (Å²) in [7, 11) is 0. The molecule has 5 nitrogen and oxygen atoms in total. The Bertz CT molecular complexity index is 943. The zero-order valence-corrected chi connectivity index (χ0v) is 14.2. The van der Waals surface area contributed by atoms with E-state index in [2.05, 4.69) is 28.5 Å². The quantitative estimate of drug-likeness (QED) is 0.739. The highest BCUT2D eigenvalue weighted by Gasteiger charge is 2.20. The number of carbonyl (C=O) groups excluding carboxylic acids is 1. The lowest BCUT2D eigenvalue weighted by atomic mass is 9.99. The van der Waals surface area contributed by atoms with E-state index < -0.39 is 0 Å². The fourth-order valence-corrected chi connectivity index (χ4v) is 3.29. The average molecular weight is 332 g/mol. The van der Waals surface area contributed by atoms with E-state index >= 15 is 0 Å². The first-order chi connectivity index (χ1) is 12.3. The van der Waals surface area contributed by atoms with Gasteiger partial charge < -0.3 is 4.90 Å². The van der Waals surface area contributed by atoms with Gasteiger partial charge in [0.05, 0.1) is 5.52 Å². The third-order valence-corrected chi connectivity index (χ3v) is 4.70. The molecule has 0 saturated carbocycles. The van der Waals surface area contributed by atoms with E-state index in [4.69, 9.17) is 0 Å². The van der Waals surface area contributed by atoms with Crippen molar-refractivity contribution < 1.29 is 4.79 Å². The number of fused-ring (bicyclic) bond motifs is 1. The van der Waals surface area contributed by atoms with Gasteiger partial charge in [0.1, 0.15) is 5.52 Å². The Kier molecular flexibility index (Phi) is 4.06. The molecular weight excluding hydrogens is 312 g/mol. The SMILES string of the molecule is CCn1nnc2cc(C(=O)N3CC=C(c4ccccc4)CC3)ccc21. The number of aromatic nitrogens is 3. The molecule has 0 saturated heterocycles. The van der Waals surface area contributed by atoms with Gasteiger partial charge in [-0.3, -0.25) is 4.79 Å². The second-order valence-corrected chi connectivity index (χ2v) is 6.21. The first-order valence-electron chi connectivity index (χ1n) is 8.63. The fraction of sp³-hybridized carbons (Fsp3) is 0.250. The summed E-state index contributed by atoms with van der Waals surface area (Å²) in [6.45, 7) is 4.17. The Morgan fingerprint density at radius 3 is 2.72 bits per heavy atom. The number of nitrogens with zero attached hydrogens (tertiary/aromatic N) is 4. The van der Waals surface area contributed by atoms with Crippen LogP contribution in [0.1, 0.15) is 29.3 Å². The van der Waals surface area contributed by atoms with Crippen LogP contribution in [0.2, 0.25) is 0 Å². The molecule has 0 N–H and O–H groups in total. The van der Waals surface area contributed by atoms with Crippen molar-refractivity contribution in [2.24, 2.45) is 0 Å². The molecule has 5 heteroatoms. The van der Waals surface area contributed by atoms with Gasteiger partial charge in [0.15, 0.2) is 0 Å². The summed E-state index contributed by atoms with van der Waals surface area (Å²) < 4.78 is 1.83. The Morgan fingerprint density at radius 2 is 2.00 bits per heavy atom. The van der Waals surface area contributed by atoms with Crippen LogP contribution in [0, 0.1) is 0 Å². The minimum Gasteiger partial charge on any atom is -0.335 e. The molecule has 126 valence electrons. The number of aryl methyl sites for hydroxylation is 1. The first kappa shape index (κ1) is 15.6. The van der Waals surface area contributed by atoms with Crippen LogP contribution in [0.5, 0.6) is 0 Å². The fourth-order valence-electron chi connectivity index (χ4n) is 3.29. The number of hydrogen-bond donors (Lipinski definition) is 0. The Balaban J connectivity index is 1.53. The smallest absolute Gasteiger partial charge is 0.254 e. The summed E-state index contributed by atoms with van der Waals surface area (Å²) >= 11 is 0. The highest BCUT2D eigenvalue weighted by Crippen LogP contribution is 2.23. The molecule has 1 aliphatic heterocycles. The molecule has 0 bridgehead atoms. The maximum atomic E-state index is 12.8. The van der Waals surface area contributed by atoms with Crippen molar-refractivity contribution >= 4 is 22.5 Å². The van der Waals surface area contributed by atoms with Crippen molar-refractivity contribution in [2.45, 2.75) is 19.9 Å². The third kappa shape index (κ3) is 2.93. The maximum absolute atomic E-state index is 12.8. The van der Waals surface area contributed by atoms with Gasteiger partial charge in [-0.25, -0.2) is 4.68 Å². The molecule has 0 atom stereocenters. The van der Waals surface area contributed by atoms with Gasteiger partial charge in [-0.15, -0.1) is 5.10 Å². The van der Waals surface area contributed by atoms with Crippen LogP contribution in [0.3, 0.4) is 0 Å². The lowest BCUT2D eigenvalue weighted by molar-refractivity contribution is 0.0773. The molecule has 1 aromatic heterocycles. The van der Waals surface area contributed by atoms with Crippen molar-refractivity contribution in [3.05, 3.63) is 65.7 Å². The number of hydrogen-bond acceptors (Lipinski definition) is 3. The Hall–Kier alpha value is -2.95. The lowest BCUT2D eigenvalue weighted by Gasteiger charge is -2.26. The standard InChI is InChI=1S/C20H20N4O/c1-2-24-19-9-8-17(14-18(19)21-22-24)20(25)23-12-10-16(11-13-23)15-6-4-3-5-7-15/h3-10,14H,2,11-13H2,1H3. The molecule has 0 unspecified atom stereocenters. The van der Waals surface area contributed by atoms with E-state index in [1.807, 2.05) is 52.9 Å². The molecule has 1 aliphatic rings. The van der Waals surface area contributed by atoms with E-state index in [0.717, 1.165) is 30.5 Å². The summed E-state index contributed by atoms with van der Waals surface area (Å²) in [5, 5.41) is 8.26. The van der Waals surface area contributed by atoms with E-state index in [1.54, 1.807) is 0 Å². The van der Waals surface area contributed by atoms with Crippen molar-refractivity contribution in [3.63, 3.8) is 0 Å². The normalized spacial score (nSPS) is 14.6. The largest absolute Gasteiger partial charge is 0.335 e. The van der Waals surface area contributed by atoms with Crippen molar-refractivity contribution in [3.8, 4) is 0 Å². The Morgan fingerprint density at radius 1 is 1.16 bits per heavy atom. The Labute approximate surface area is 146 Å². The van der Waals surface area contributed by atoms with Crippen molar-refractivity contribution in [1.82, 2.24) is 19.9 Å². The van der Waals surface area contributed by atoms with Gasteiger partial charge in [-0.05, 0) is 42.7 Å². The molecule has 25 heavy (non-hydrogen) atoms. The zero-order valence-electron chi connectivity index (χ0n) is 14.2. The molecule has 4 rings (SSSR count). The molecule has 3 aromatic rings. The second kappa shape index (κ2) is 6.51. The number of benzene rings is 2. The predicted octanol–water partition coefficient (Wildman–Crippen LogP) is 3.38. The van der Waals surface area contributed by atoms with E-state index in [1.165, 1.54) is 11.1 Å². The van der Waals surface area contributed by atoms with Crippen LogP contribution >= 0.6 is 0 Å². The first-order valence-corrected chi connectivity index (χ1v) is 8.63. The molecule has 0 aliphatic carbocycles. The zero-order chi connectivity index (χ0) is 17.2. The van der Waals surface area contributed by atoms with Gasteiger partial charge >= 0.3 is 0 Å². The lowest BCUT2D eigenvalue weighted by Crippen LogP contribution is -2.34. The van der Waals surface area contributed by atoms with Gasteiger partial charge in [0, 0.05) is 25.2 Å². The maximum Gasteiger partial charge on any atom is 0.254 e. The van der Waals surface area contributed by atoms with E-state index in [0.29, 0.717) is 12.1 Å². The van der Waals surface area contributed by atoms with Crippen LogP contribution in [-0.2, 0) is 6.54 Å². The van der Waals surface area contributed by atoms with Crippen molar-refractivity contribution in [1.29, 1.82) is 0 Å². The third-order valence-electron chi connectivity index (χ3n) is 4.70. The van der Waals surface area contributed by atoms with E-state index in [-0.39, 0.29) is 5.91 Å². The van der Waals surface area contributed by atoms with Gasteiger partial charge in [-0.1, -0.05) is 41.6 Å². The highest BCUT2D eigenvalue weighted by molar-refractivity contribution is 5.97. The number of carbonyl (C=O) groups is 1. The van der Waals surface area contributed by atoms with Crippen LogP contribution in [-0.4, -0.2) is 38.9 Å². The van der Waals surface area contributed by atoms with Gasteiger partial charge in [-0.2, -0.15) is 0 Å². The van der Waals surface area contributed by atoms with Crippen molar-refractivity contribution in [2.75, 3.05) is 13.1 Å². The second-order valence-electron chi connectivity index (χ2n) is 6.21. The van der Waals surface area contributed by atoms with Gasteiger partial charge in [0.2, 0.25) is 0 Å². The molecule has 2 aromatic carbocycles. The molecule has 0 fully saturated rings. The van der Waals surface area contributed by atoms with Gasteiger partial charge in [0.25, 0.3) is 5.91 Å². The number of rotatable bonds is 3. The summed E-state index contributed by atoms with van der Waals surface area (Å²) in [5.74, 6) is 0.0521. The summed E-state index contributed by atoms with van der Waals surface area (Å²) in [4.78, 5) is 14.7. The minimum atomic E-state index is 0.0521. The van der Waals surface area contributed by atoms with Crippen LogP contribution < -0.4 is 0 Å². The topological polar surface area (TPSA) is 51.0 Å². The summed E-state index contributed by atoms with van der Waals surface area (Å²) in [6.07, 6.45) is 3.03. The summed E-state index contributed by atoms with van der Waals surface area (Å²) in [5.41, 5.74) is 4.96. The monoisotopic (exact) mass is 332 g/mol. The number of amides is 1. The summed E-state index contributed by atoms with van der Waals surface area (Å²) in [6, 6.07) is 16.0. The molecule has 2 heterocycles. The molecular formula is C20H20N4O. The molecule has 0 spiro atoms. The van der Waals surface area contributed by atoms with E-state index in [9.17, 15) is 4.79 Å². The molecule has 0 radical (unpaired) electrons. The predicted molar refractivity (Wildman–Crippen MR) is 98.1 cm³/mol. The minimum absolute atomic E-state index is 0.0521. The average Bonchev–Trinajstić information content (AvgIpc) is 3.10.